The van der Waals surface area contributed by atoms with Crippen molar-refractivity contribution in [3.8, 4) is 0 Å². The minimum absolute atomic E-state index is 0.0755. The van der Waals surface area contributed by atoms with Gasteiger partial charge in [-0.2, -0.15) is 0 Å². The van der Waals surface area contributed by atoms with Gasteiger partial charge >= 0.3 is 0 Å². The Bertz CT molecular complexity index is 669. The van der Waals surface area contributed by atoms with Crippen LogP contribution in [0.4, 0.5) is 0 Å². The molecule has 1 aromatic heterocycles. The third kappa shape index (κ3) is 3.33. The fraction of sp³-hybridized carbons (Fsp3) is 0.500. The zero-order valence-electron chi connectivity index (χ0n) is 13.4. The second kappa shape index (κ2) is 6.53. The Morgan fingerprint density at radius 1 is 1.36 bits per heavy atom. The summed E-state index contributed by atoms with van der Waals surface area (Å²) in [5.74, 6) is 0.634. The number of nitrogens with one attached hydrogen (secondary N) is 2. The largest absolute Gasteiger partial charge is 0.464 e. The average molecular weight is 300 g/mol. The maximum absolute atomic E-state index is 12.2. The fourth-order valence-electron chi connectivity index (χ4n) is 3.06. The summed E-state index contributed by atoms with van der Waals surface area (Å²) >= 11 is 0. The average Bonchev–Trinajstić information content (AvgIpc) is 2.89. The molecule has 1 aliphatic rings. The molecule has 2 aromatic rings. The zero-order chi connectivity index (χ0) is 15.5. The molecule has 0 radical (unpaired) electrons. The summed E-state index contributed by atoms with van der Waals surface area (Å²) in [4.78, 5) is 12.2. The molecule has 2 heterocycles. The molecule has 1 fully saturated rings. The molecule has 1 amide bonds. The van der Waals surface area contributed by atoms with Crippen molar-refractivity contribution in [2.75, 3.05) is 19.6 Å². The van der Waals surface area contributed by atoms with Gasteiger partial charge in [0.15, 0.2) is 0 Å². The third-order valence-electron chi connectivity index (χ3n) is 4.61. The lowest BCUT2D eigenvalue weighted by molar-refractivity contribution is -0.120. The van der Waals surface area contributed by atoms with E-state index in [-0.39, 0.29) is 5.91 Å². The maximum atomic E-state index is 12.2. The second-order valence-electron chi connectivity index (χ2n) is 6.39. The van der Waals surface area contributed by atoms with E-state index in [1.165, 1.54) is 24.0 Å². The third-order valence-corrected chi connectivity index (χ3v) is 4.61. The van der Waals surface area contributed by atoms with Gasteiger partial charge in [0.25, 0.3) is 0 Å². The van der Waals surface area contributed by atoms with Crippen LogP contribution in [0.1, 0.15) is 29.5 Å². The Kier molecular flexibility index (Phi) is 4.48. The molecule has 1 unspecified atom stereocenters. The topological polar surface area (TPSA) is 54.3 Å². The van der Waals surface area contributed by atoms with Crippen molar-refractivity contribution < 1.29 is 9.21 Å². The predicted octanol–water partition coefficient (Wildman–Crippen LogP) is 2.71. The molecule has 1 aromatic carbocycles. The lowest BCUT2D eigenvalue weighted by Crippen LogP contribution is -2.38. The maximum Gasteiger partial charge on any atom is 0.224 e. The predicted molar refractivity (Wildman–Crippen MR) is 88.0 cm³/mol. The van der Waals surface area contributed by atoms with Crippen molar-refractivity contribution in [2.45, 2.75) is 33.1 Å². The minimum Gasteiger partial charge on any atom is -0.464 e. The van der Waals surface area contributed by atoms with Crippen LogP contribution in [-0.4, -0.2) is 25.5 Å². The monoisotopic (exact) mass is 300 g/mol. The van der Waals surface area contributed by atoms with E-state index in [4.69, 9.17) is 4.42 Å². The number of hydrogen-bond donors (Lipinski definition) is 2. The van der Waals surface area contributed by atoms with Crippen LogP contribution in [0.5, 0.6) is 0 Å². The summed E-state index contributed by atoms with van der Waals surface area (Å²) in [5.41, 5.74) is 4.27. The molecule has 1 saturated heterocycles. The minimum atomic E-state index is 0.0755. The molecule has 3 rings (SSSR count). The van der Waals surface area contributed by atoms with Gasteiger partial charge in [-0.15, -0.1) is 0 Å². The van der Waals surface area contributed by atoms with E-state index in [0.29, 0.717) is 12.3 Å². The van der Waals surface area contributed by atoms with Crippen molar-refractivity contribution in [3.05, 3.63) is 35.1 Å². The molecular formula is C18H24N2O2. The molecule has 4 heteroatoms. The molecule has 0 spiro atoms. The van der Waals surface area contributed by atoms with Crippen LogP contribution >= 0.6 is 0 Å². The summed E-state index contributed by atoms with van der Waals surface area (Å²) in [7, 11) is 0. The highest BCUT2D eigenvalue weighted by Gasteiger charge is 2.15. The van der Waals surface area contributed by atoms with Gasteiger partial charge in [-0.05, 0) is 69.0 Å². The highest BCUT2D eigenvalue weighted by atomic mass is 16.3. The van der Waals surface area contributed by atoms with Gasteiger partial charge in [-0.25, -0.2) is 0 Å². The second-order valence-corrected chi connectivity index (χ2v) is 6.39. The van der Waals surface area contributed by atoms with Crippen molar-refractivity contribution in [1.82, 2.24) is 10.6 Å². The smallest absolute Gasteiger partial charge is 0.224 e. The molecule has 118 valence electrons. The van der Waals surface area contributed by atoms with E-state index in [1.807, 2.05) is 6.07 Å². The number of hydrogen-bond acceptors (Lipinski definition) is 3. The van der Waals surface area contributed by atoms with E-state index in [9.17, 15) is 4.79 Å². The number of carbonyl (C=O) groups is 1. The molecule has 0 aliphatic carbocycles. The number of piperidine rings is 1. The summed E-state index contributed by atoms with van der Waals surface area (Å²) < 4.78 is 5.59. The van der Waals surface area contributed by atoms with Gasteiger partial charge in [-0.3, -0.25) is 4.79 Å². The number of amides is 1. The zero-order valence-corrected chi connectivity index (χ0v) is 13.4. The number of carbonyl (C=O) groups excluding carboxylic acids is 1. The van der Waals surface area contributed by atoms with Crippen LogP contribution in [0.2, 0.25) is 0 Å². The first kappa shape index (κ1) is 15.1. The van der Waals surface area contributed by atoms with E-state index in [1.54, 1.807) is 6.26 Å². The number of benzene rings is 1. The van der Waals surface area contributed by atoms with Crippen molar-refractivity contribution in [3.63, 3.8) is 0 Å². The van der Waals surface area contributed by atoms with E-state index in [0.717, 1.165) is 36.2 Å². The molecule has 22 heavy (non-hydrogen) atoms. The van der Waals surface area contributed by atoms with Crippen LogP contribution < -0.4 is 10.6 Å². The van der Waals surface area contributed by atoms with Gasteiger partial charge in [0.2, 0.25) is 5.91 Å². The van der Waals surface area contributed by atoms with Gasteiger partial charge < -0.3 is 15.1 Å². The van der Waals surface area contributed by atoms with Gasteiger partial charge in [0.05, 0.1) is 12.7 Å². The number of aryl methyl sites for hydroxylation is 2. The SMILES string of the molecule is Cc1cc2occ(CC(=O)NCC3CCCNC3)c2cc1C. The summed E-state index contributed by atoms with van der Waals surface area (Å²) in [6.45, 7) is 7.03. The Labute approximate surface area is 131 Å². The lowest BCUT2D eigenvalue weighted by Gasteiger charge is -2.22. The molecule has 1 aliphatic heterocycles. The standard InChI is InChI=1S/C18H24N2O2/c1-12-6-16-15(11-22-17(16)7-13(12)2)8-18(21)20-10-14-4-3-5-19-9-14/h6-7,11,14,19H,3-5,8-10H2,1-2H3,(H,20,21). The Morgan fingerprint density at radius 3 is 2.95 bits per heavy atom. The number of rotatable bonds is 4. The Hall–Kier alpha value is -1.81. The summed E-state index contributed by atoms with van der Waals surface area (Å²) in [6.07, 6.45) is 4.49. The fourth-order valence-corrected chi connectivity index (χ4v) is 3.06. The first-order valence-electron chi connectivity index (χ1n) is 8.08. The van der Waals surface area contributed by atoms with E-state index >= 15 is 0 Å². The normalized spacial score (nSPS) is 18.5. The van der Waals surface area contributed by atoms with E-state index < -0.39 is 0 Å². The molecule has 0 saturated carbocycles. The Morgan fingerprint density at radius 2 is 2.18 bits per heavy atom. The molecular weight excluding hydrogens is 276 g/mol. The van der Waals surface area contributed by atoms with Gasteiger partial charge in [0, 0.05) is 17.5 Å². The molecule has 1 atom stereocenters. The number of fused-ring (bicyclic) bond motifs is 1. The van der Waals surface area contributed by atoms with Crippen LogP contribution in [0.25, 0.3) is 11.0 Å². The quantitative estimate of drug-likeness (QED) is 0.913. The summed E-state index contributed by atoms with van der Waals surface area (Å²) in [5, 5.41) is 7.49. The molecule has 0 bridgehead atoms. The first-order valence-corrected chi connectivity index (χ1v) is 8.08. The Balaban J connectivity index is 1.62. The van der Waals surface area contributed by atoms with Crippen LogP contribution in [0, 0.1) is 19.8 Å². The number of furan rings is 1. The summed E-state index contributed by atoms with van der Waals surface area (Å²) in [6, 6.07) is 4.15. The molecule has 4 nitrogen and oxygen atoms in total. The van der Waals surface area contributed by atoms with Gasteiger partial charge in [0.1, 0.15) is 5.58 Å². The highest BCUT2D eigenvalue weighted by Crippen LogP contribution is 2.25. The van der Waals surface area contributed by atoms with Crippen LogP contribution in [0.3, 0.4) is 0 Å². The van der Waals surface area contributed by atoms with Gasteiger partial charge in [-0.1, -0.05) is 0 Å². The lowest BCUT2D eigenvalue weighted by atomic mass is 9.99. The van der Waals surface area contributed by atoms with Crippen LogP contribution in [-0.2, 0) is 11.2 Å². The first-order chi connectivity index (χ1) is 10.6. The van der Waals surface area contributed by atoms with Crippen molar-refractivity contribution in [2.24, 2.45) is 5.92 Å². The molecule has 2 N–H and O–H groups in total. The van der Waals surface area contributed by atoms with Crippen molar-refractivity contribution >= 4 is 16.9 Å². The van der Waals surface area contributed by atoms with E-state index in [2.05, 4.69) is 30.5 Å². The van der Waals surface area contributed by atoms with Crippen LogP contribution in [0.15, 0.2) is 22.8 Å². The highest BCUT2D eigenvalue weighted by molar-refractivity contribution is 5.88. The van der Waals surface area contributed by atoms with Crippen molar-refractivity contribution in [1.29, 1.82) is 0 Å².